The van der Waals surface area contributed by atoms with E-state index in [9.17, 15) is 9.59 Å². The highest BCUT2D eigenvalue weighted by atomic mass is 16.5. The predicted octanol–water partition coefficient (Wildman–Crippen LogP) is 3.76. The molecule has 0 aliphatic carbocycles. The molecule has 0 aliphatic rings. The van der Waals surface area contributed by atoms with Crippen molar-refractivity contribution in [1.29, 1.82) is 0 Å². The Balaban J connectivity index is 2.35. The van der Waals surface area contributed by atoms with Crippen molar-refractivity contribution in [2.45, 2.75) is 18.8 Å². The smallest absolute Gasteiger partial charge is 0.259 e. The van der Waals surface area contributed by atoms with Crippen molar-refractivity contribution in [3.63, 3.8) is 0 Å². The number of fused-ring (bicyclic) bond motifs is 1. The van der Waals surface area contributed by atoms with E-state index in [-0.39, 0.29) is 11.5 Å². The van der Waals surface area contributed by atoms with Gasteiger partial charge in [-0.3, -0.25) is 14.6 Å². The maximum Gasteiger partial charge on any atom is 0.259 e. The Morgan fingerprint density at radius 3 is 2.43 bits per heavy atom. The molecule has 0 saturated carbocycles. The van der Waals surface area contributed by atoms with E-state index in [1.807, 2.05) is 6.07 Å². The summed E-state index contributed by atoms with van der Waals surface area (Å²) in [5.74, 6) is 3.44. The quantitative estimate of drug-likeness (QED) is 0.444. The number of ether oxygens (including phenoxy) is 2. The summed E-state index contributed by atoms with van der Waals surface area (Å²) in [6.45, 7) is 3.97. The number of aromatic nitrogens is 2. The summed E-state index contributed by atoms with van der Waals surface area (Å²) in [6.07, 6.45) is 10.6. The number of terminal acetylenes is 1. The standard InChI is InChI=1S/C24H23N2O4/c1-6-8-15(7-2)21-11-17-18(12-25-21)24(28)26(3)13-19(17)16-9-22(29-4)20(14-27)23(10-16)30-5/h1,9-15H,2,7-8H2,3-5H3. The monoisotopic (exact) mass is 403 g/mol. The largest absolute Gasteiger partial charge is 0.496 e. The molecule has 1 aromatic carbocycles. The molecular formula is C24H23N2O4. The van der Waals surface area contributed by atoms with Crippen LogP contribution >= 0.6 is 0 Å². The van der Waals surface area contributed by atoms with Crippen molar-refractivity contribution in [3.05, 3.63) is 59.1 Å². The molecule has 3 aromatic rings. The minimum absolute atomic E-state index is 0.00202. The fourth-order valence-corrected chi connectivity index (χ4v) is 3.54. The minimum Gasteiger partial charge on any atom is -0.496 e. The van der Waals surface area contributed by atoms with Crippen LogP contribution in [-0.4, -0.2) is 30.1 Å². The van der Waals surface area contributed by atoms with Gasteiger partial charge < -0.3 is 14.0 Å². The highest BCUT2D eigenvalue weighted by Crippen LogP contribution is 2.37. The van der Waals surface area contributed by atoms with E-state index in [0.717, 1.165) is 22.2 Å². The molecule has 0 saturated heterocycles. The maximum atomic E-state index is 12.7. The molecule has 1 radical (unpaired) electrons. The van der Waals surface area contributed by atoms with Crippen molar-refractivity contribution < 1.29 is 14.3 Å². The Morgan fingerprint density at radius 2 is 1.90 bits per heavy atom. The van der Waals surface area contributed by atoms with Gasteiger partial charge >= 0.3 is 0 Å². The molecule has 0 N–H and O–H groups in total. The van der Waals surface area contributed by atoms with Gasteiger partial charge in [0.15, 0.2) is 6.29 Å². The fraction of sp³-hybridized carbons (Fsp3) is 0.250. The van der Waals surface area contributed by atoms with Crippen molar-refractivity contribution >= 4 is 17.1 Å². The van der Waals surface area contributed by atoms with E-state index in [1.165, 1.54) is 18.8 Å². The topological polar surface area (TPSA) is 70.4 Å². The molecule has 0 aliphatic heterocycles. The normalized spacial score (nSPS) is 11.7. The highest BCUT2D eigenvalue weighted by Gasteiger charge is 2.18. The molecule has 30 heavy (non-hydrogen) atoms. The first kappa shape index (κ1) is 21.1. The first-order valence-electron chi connectivity index (χ1n) is 9.42. The van der Waals surface area contributed by atoms with Gasteiger partial charge in [0.2, 0.25) is 0 Å². The average Bonchev–Trinajstić information content (AvgIpc) is 2.78. The second kappa shape index (κ2) is 8.83. The SMILES string of the molecule is C#CCC(C[CH2])c1cc2c(-c3cc(OC)c(C=O)c(OC)c3)cn(C)c(=O)c2cn1. The number of pyridine rings is 2. The summed E-state index contributed by atoms with van der Waals surface area (Å²) in [4.78, 5) is 28.7. The van der Waals surface area contributed by atoms with Gasteiger partial charge in [0, 0.05) is 43.0 Å². The first-order valence-corrected chi connectivity index (χ1v) is 9.42. The molecule has 0 spiro atoms. The summed E-state index contributed by atoms with van der Waals surface area (Å²) in [6, 6.07) is 5.41. The van der Waals surface area contributed by atoms with Crippen molar-refractivity contribution in [1.82, 2.24) is 9.55 Å². The molecule has 0 bridgehead atoms. The summed E-state index contributed by atoms with van der Waals surface area (Å²) in [7, 11) is 4.67. The number of carbonyl (C=O) groups excluding carboxylic acids is 1. The van der Waals surface area contributed by atoms with Crippen LogP contribution in [0.5, 0.6) is 11.5 Å². The van der Waals surface area contributed by atoms with E-state index in [4.69, 9.17) is 15.9 Å². The van der Waals surface area contributed by atoms with Crippen molar-refractivity contribution in [3.8, 4) is 35.0 Å². The molecule has 1 atom stereocenters. The van der Waals surface area contributed by atoms with Crippen LogP contribution in [0.1, 0.15) is 34.8 Å². The zero-order chi connectivity index (χ0) is 21.8. The van der Waals surface area contributed by atoms with Gasteiger partial charge in [-0.25, -0.2) is 0 Å². The van der Waals surface area contributed by atoms with Gasteiger partial charge in [-0.05, 0) is 35.6 Å². The summed E-state index contributed by atoms with van der Waals surface area (Å²) in [5.41, 5.74) is 2.49. The van der Waals surface area contributed by atoms with Gasteiger partial charge in [0.25, 0.3) is 5.56 Å². The van der Waals surface area contributed by atoms with Crippen LogP contribution in [0.25, 0.3) is 21.9 Å². The van der Waals surface area contributed by atoms with E-state index in [1.54, 1.807) is 31.6 Å². The van der Waals surface area contributed by atoms with E-state index in [0.29, 0.717) is 41.6 Å². The number of hydrogen-bond donors (Lipinski definition) is 0. The molecule has 0 fully saturated rings. The number of aldehydes is 1. The maximum absolute atomic E-state index is 12.7. The summed E-state index contributed by atoms with van der Waals surface area (Å²) in [5, 5.41) is 1.22. The molecule has 1 unspecified atom stereocenters. The van der Waals surface area contributed by atoms with Gasteiger partial charge in [-0.2, -0.15) is 0 Å². The lowest BCUT2D eigenvalue weighted by atomic mass is 9.94. The van der Waals surface area contributed by atoms with Crippen LogP contribution in [0.4, 0.5) is 0 Å². The Bertz CT molecular complexity index is 1180. The van der Waals surface area contributed by atoms with Crippen LogP contribution in [0, 0.1) is 19.3 Å². The molecule has 3 rings (SSSR count). The molecular weight excluding hydrogens is 380 g/mol. The lowest BCUT2D eigenvalue weighted by Crippen LogP contribution is -2.17. The zero-order valence-corrected chi connectivity index (χ0v) is 17.3. The number of benzene rings is 1. The van der Waals surface area contributed by atoms with Gasteiger partial charge in [0.1, 0.15) is 11.5 Å². The zero-order valence-electron chi connectivity index (χ0n) is 17.3. The molecule has 153 valence electrons. The van der Waals surface area contributed by atoms with Crippen LogP contribution in [0.2, 0.25) is 0 Å². The summed E-state index contributed by atoms with van der Waals surface area (Å²) < 4.78 is 12.3. The molecule has 2 heterocycles. The van der Waals surface area contributed by atoms with E-state index in [2.05, 4.69) is 17.8 Å². The Hall–Kier alpha value is -3.59. The van der Waals surface area contributed by atoms with Crippen LogP contribution in [0.3, 0.4) is 0 Å². The van der Waals surface area contributed by atoms with Gasteiger partial charge in [-0.1, -0.05) is 6.92 Å². The van der Waals surface area contributed by atoms with Crippen LogP contribution in [0.15, 0.2) is 35.4 Å². The molecule has 6 nitrogen and oxygen atoms in total. The number of nitrogens with zero attached hydrogens (tertiary/aromatic N) is 2. The molecule has 6 heteroatoms. The molecule has 0 amide bonds. The highest BCUT2D eigenvalue weighted by molar-refractivity contribution is 5.97. The molecule has 2 aromatic heterocycles. The van der Waals surface area contributed by atoms with Gasteiger partial charge in [0.05, 0.1) is 25.2 Å². The fourth-order valence-electron chi connectivity index (χ4n) is 3.54. The lowest BCUT2D eigenvalue weighted by Gasteiger charge is -2.16. The lowest BCUT2D eigenvalue weighted by molar-refractivity contribution is 0.111. The van der Waals surface area contributed by atoms with Crippen LogP contribution < -0.4 is 15.0 Å². The number of methoxy groups -OCH3 is 2. The number of rotatable bonds is 7. The first-order chi connectivity index (χ1) is 14.5. The van der Waals surface area contributed by atoms with Crippen LogP contribution in [-0.2, 0) is 7.05 Å². The van der Waals surface area contributed by atoms with E-state index >= 15 is 0 Å². The Morgan fingerprint density at radius 1 is 1.23 bits per heavy atom. The Kier molecular flexibility index (Phi) is 6.22. The second-order valence-corrected chi connectivity index (χ2v) is 6.92. The number of carbonyl (C=O) groups is 1. The van der Waals surface area contributed by atoms with Gasteiger partial charge in [-0.15, -0.1) is 12.3 Å². The third-order valence-corrected chi connectivity index (χ3v) is 5.19. The summed E-state index contributed by atoms with van der Waals surface area (Å²) >= 11 is 0. The van der Waals surface area contributed by atoms with Crippen molar-refractivity contribution in [2.24, 2.45) is 7.05 Å². The van der Waals surface area contributed by atoms with E-state index < -0.39 is 0 Å². The number of hydrogen-bond acceptors (Lipinski definition) is 5. The average molecular weight is 403 g/mol. The Labute approximate surface area is 175 Å². The predicted molar refractivity (Wildman–Crippen MR) is 117 cm³/mol. The third kappa shape index (κ3) is 3.67. The minimum atomic E-state index is -0.153. The second-order valence-electron chi connectivity index (χ2n) is 6.92. The third-order valence-electron chi connectivity index (χ3n) is 5.19. The number of aryl methyl sites for hydroxylation is 1. The van der Waals surface area contributed by atoms with Crippen molar-refractivity contribution in [2.75, 3.05) is 14.2 Å².